The van der Waals surface area contributed by atoms with Gasteiger partial charge in [-0.1, -0.05) is 30.3 Å². The Hall–Kier alpha value is -1.05. The molecule has 0 aliphatic heterocycles. The first-order valence-electron chi connectivity index (χ1n) is 4.30. The van der Waals surface area contributed by atoms with Gasteiger partial charge in [0.2, 0.25) is 0 Å². The van der Waals surface area contributed by atoms with Gasteiger partial charge >= 0.3 is 8.03 Å². The van der Waals surface area contributed by atoms with Crippen molar-refractivity contribution in [1.29, 1.82) is 0 Å². The maximum absolute atomic E-state index is 11.2. The summed E-state index contributed by atoms with van der Waals surface area (Å²) in [6.07, 6.45) is 0.00861. The molecule has 0 spiro atoms. The summed E-state index contributed by atoms with van der Waals surface area (Å²) in [4.78, 5) is 20.0. The van der Waals surface area contributed by atoms with E-state index < -0.39 is 13.9 Å². The molecule has 0 amide bonds. The molecule has 0 saturated heterocycles. The minimum Gasteiger partial charge on any atom is -0.299 e. The van der Waals surface area contributed by atoms with Gasteiger partial charge in [0.15, 0.2) is 6.16 Å². The van der Waals surface area contributed by atoms with Crippen LogP contribution in [-0.4, -0.2) is 16.8 Å². The van der Waals surface area contributed by atoms with Crippen molar-refractivity contribution < 1.29 is 14.3 Å². The zero-order valence-corrected chi connectivity index (χ0v) is 8.78. The lowest BCUT2D eigenvalue weighted by atomic mass is 9.98. The monoisotopic (exact) mass is 211 g/mol. The average Bonchev–Trinajstić information content (AvgIpc) is 2.15. The van der Waals surface area contributed by atoms with Crippen LogP contribution in [0.25, 0.3) is 0 Å². The van der Waals surface area contributed by atoms with Gasteiger partial charge in [0.1, 0.15) is 5.78 Å². The van der Waals surface area contributed by atoms with Crippen LogP contribution in [0.4, 0.5) is 0 Å². The molecule has 0 bridgehead atoms. The number of hydrogen-bond donors (Lipinski definition) is 1. The fraction of sp³-hybridized carbons (Fsp3) is 0.300. The van der Waals surface area contributed by atoms with Gasteiger partial charge in [-0.25, -0.2) is 0 Å². The van der Waals surface area contributed by atoms with Crippen molar-refractivity contribution in [3.8, 4) is 0 Å². The van der Waals surface area contributed by atoms with E-state index in [-0.39, 0.29) is 11.9 Å². The van der Waals surface area contributed by atoms with Crippen molar-refractivity contribution in [2.75, 3.05) is 6.16 Å². The predicted octanol–water partition coefficient (Wildman–Crippen LogP) is 2.09. The summed E-state index contributed by atoms with van der Waals surface area (Å²) >= 11 is 0. The number of benzene rings is 1. The summed E-state index contributed by atoms with van der Waals surface area (Å²) in [7, 11) is -2.27. The lowest BCUT2D eigenvalue weighted by molar-refractivity contribution is -0.118. The molecule has 1 N–H and O–H groups in total. The van der Waals surface area contributed by atoms with Crippen molar-refractivity contribution in [2.45, 2.75) is 12.8 Å². The van der Waals surface area contributed by atoms with Crippen LogP contribution < -0.4 is 0 Å². The Morgan fingerprint density at radius 1 is 1.43 bits per heavy atom. The minimum atomic E-state index is -2.27. The van der Waals surface area contributed by atoms with E-state index in [1.54, 1.807) is 12.1 Å². The second-order valence-electron chi connectivity index (χ2n) is 3.11. The molecule has 1 rings (SSSR count). The number of Topliss-reactive ketones (excluding diaryl/α,β-unsaturated/α-hetero) is 1. The number of rotatable bonds is 4. The fourth-order valence-electron chi connectivity index (χ4n) is 1.31. The van der Waals surface area contributed by atoms with Crippen molar-refractivity contribution in [3.63, 3.8) is 0 Å². The Balaban J connectivity index is 2.89. The molecular formula is C10H12O3P+. The van der Waals surface area contributed by atoms with Gasteiger partial charge in [0.25, 0.3) is 0 Å². The molecule has 0 aliphatic rings. The van der Waals surface area contributed by atoms with Gasteiger partial charge in [-0.05, 0) is 17.1 Å². The fourth-order valence-corrected chi connectivity index (χ4v) is 2.09. The second kappa shape index (κ2) is 4.99. The topological polar surface area (TPSA) is 54.4 Å². The number of carbonyl (C=O) groups is 1. The Morgan fingerprint density at radius 3 is 2.43 bits per heavy atom. The van der Waals surface area contributed by atoms with E-state index in [1.807, 2.05) is 18.2 Å². The van der Waals surface area contributed by atoms with E-state index in [1.165, 1.54) is 6.92 Å². The first kappa shape index (κ1) is 11.0. The van der Waals surface area contributed by atoms with Crippen LogP contribution in [0, 0.1) is 0 Å². The quantitative estimate of drug-likeness (QED) is 0.776. The summed E-state index contributed by atoms with van der Waals surface area (Å²) in [5, 5.41) is 0. The zero-order chi connectivity index (χ0) is 10.6. The molecule has 14 heavy (non-hydrogen) atoms. The molecule has 0 aromatic heterocycles. The highest BCUT2D eigenvalue weighted by Gasteiger charge is 2.26. The number of carbonyl (C=O) groups excluding carboxylic acids is 1. The second-order valence-corrected chi connectivity index (χ2v) is 4.18. The first-order valence-corrected chi connectivity index (χ1v) is 5.70. The van der Waals surface area contributed by atoms with E-state index in [9.17, 15) is 9.36 Å². The predicted molar refractivity (Wildman–Crippen MR) is 54.6 cm³/mol. The molecule has 4 heteroatoms. The van der Waals surface area contributed by atoms with Crippen LogP contribution in [-0.2, 0) is 9.36 Å². The SMILES string of the molecule is CC(=O)C(C[P+](=O)O)c1ccccc1. The summed E-state index contributed by atoms with van der Waals surface area (Å²) in [5.74, 6) is -0.529. The van der Waals surface area contributed by atoms with E-state index in [2.05, 4.69) is 0 Å². The van der Waals surface area contributed by atoms with E-state index in [0.717, 1.165) is 5.56 Å². The maximum atomic E-state index is 11.2. The third-order valence-corrected chi connectivity index (χ3v) is 2.71. The summed E-state index contributed by atoms with van der Waals surface area (Å²) in [6.45, 7) is 1.44. The van der Waals surface area contributed by atoms with Crippen LogP contribution >= 0.6 is 8.03 Å². The Bertz CT molecular complexity index is 334. The first-order chi connectivity index (χ1) is 6.61. The van der Waals surface area contributed by atoms with Crippen molar-refractivity contribution in [2.24, 2.45) is 0 Å². The lowest BCUT2D eigenvalue weighted by Crippen LogP contribution is -2.11. The molecule has 0 fully saturated rings. The standard InChI is InChI=1S/C10H11O3P/c1-8(11)10(7-14(12)13)9-5-3-2-4-6-9/h2-6,10H,7H2,1H3/p+1. The molecule has 74 valence electrons. The molecular weight excluding hydrogens is 199 g/mol. The largest absolute Gasteiger partial charge is 0.506 e. The normalized spacial score (nSPS) is 13.4. The van der Waals surface area contributed by atoms with Gasteiger partial charge in [-0.2, -0.15) is 4.89 Å². The van der Waals surface area contributed by atoms with E-state index >= 15 is 0 Å². The molecule has 0 heterocycles. The minimum absolute atomic E-state index is 0.00861. The highest BCUT2D eigenvalue weighted by molar-refractivity contribution is 7.38. The zero-order valence-electron chi connectivity index (χ0n) is 7.88. The summed E-state index contributed by atoms with van der Waals surface area (Å²) in [5.41, 5.74) is 0.803. The number of hydrogen-bond acceptors (Lipinski definition) is 2. The third-order valence-electron chi connectivity index (χ3n) is 2.03. The van der Waals surface area contributed by atoms with Gasteiger partial charge in [0.05, 0.1) is 5.92 Å². The molecule has 2 atom stereocenters. The molecule has 0 saturated carbocycles. The Kier molecular flexibility index (Phi) is 3.93. The van der Waals surface area contributed by atoms with Crippen LogP contribution in [0.15, 0.2) is 30.3 Å². The average molecular weight is 211 g/mol. The van der Waals surface area contributed by atoms with Gasteiger partial charge in [-0.3, -0.25) is 4.79 Å². The van der Waals surface area contributed by atoms with Crippen molar-refractivity contribution in [3.05, 3.63) is 35.9 Å². The summed E-state index contributed by atoms with van der Waals surface area (Å²) < 4.78 is 10.7. The van der Waals surface area contributed by atoms with Crippen molar-refractivity contribution >= 4 is 13.8 Å². The maximum Gasteiger partial charge on any atom is 0.506 e. The highest BCUT2D eigenvalue weighted by atomic mass is 31.1. The van der Waals surface area contributed by atoms with E-state index in [4.69, 9.17) is 4.89 Å². The van der Waals surface area contributed by atoms with Crippen molar-refractivity contribution in [1.82, 2.24) is 0 Å². The molecule has 0 radical (unpaired) electrons. The van der Waals surface area contributed by atoms with E-state index in [0.29, 0.717) is 0 Å². The van der Waals surface area contributed by atoms with Gasteiger partial charge < -0.3 is 0 Å². The molecule has 2 unspecified atom stereocenters. The Labute approximate surface area is 83.6 Å². The van der Waals surface area contributed by atoms with Crippen LogP contribution in [0.2, 0.25) is 0 Å². The number of ketones is 1. The highest BCUT2D eigenvalue weighted by Crippen LogP contribution is 2.26. The molecule has 1 aromatic carbocycles. The van der Waals surface area contributed by atoms with Crippen LogP contribution in [0.3, 0.4) is 0 Å². The van der Waals surface area contributed by atoms with Gasteiger partial charge in [0, 0.05) is 0 Å². The summed E-state index contributed by atoms with van der Waals surface area (Å²) in [6, 6.07) is 9.07. The Morgan fingerprint density at radius 2 is 2.00 bits per heavy atom. The third kappa shape index (κ3) is 3.02. The molecule has 0 aliphatic carbocycles. The smallest absolute Gasteiger partial charge is 0.299 e. The van der Waals surface area contributed by atoms with Gasteiger partial charge in [-0.15, -0.1) is 0 Å². The molecule has 1 aromatic rings. The lowest BCUT2D eigenvalue weighted by Gasteiger charge is -2.06. The van der Waals surface area contributed by atoms with Crippen LogP contribution in [0.5, 0.6) is 0 Å². The van der Waals surface area contributed by atoms with Crippen LogP contribution in [0.1, 0.15) is 18.4 Å². The molecule has 3 nitrogen and oxygen atoms in total.